The minimum atomic E-state index is -4.36. The Labute approximate surface area is 163 Å². The Balaban J connectivity index is 2.01. The van der Waals surface area contributed by atoms with Gasteiger partial charge in [-0.25, -0.2) is 0 Å². The highest BCUT2D eigenvalue weighted by molar-refractivity contribution is 5.76. The van der Waals surface area contributed by atoms with Gasteiger partial charge in [-0.15, -0.1) is 0 Å². The monoisotopic (exact) mass is 385 g/mol. The predicted octanol–water partition coefficient (Wildman–Crippen LogP) is 7.27. The van der Waals surface area contributed by atoms with Gasteiger partial charge < -0.3 is 9.64 Å². The third kappa shape index (κ3) is 4.66. The fourth-order valence-electron chi connectivity index (χ4n) is 2.89. The highest BCUT2D eigenvalue weighted by Gasteiger charge is 2.30. The molecule has 0 saturated heterocycles. The van der Waals surface area contributed by atoms with E-state index in [1.807, 2.05) is 74.2 Å². The van der Waals surface area contributed by atoms with Crippen LogP contribution in [0.5, 0.6) is 5.75 Å². The lowest BCUT2D eigenvalue weighted by Crippen LogP contribution is -2.11. The van der Waals surface area contributed by atoms with E-state index in [-0.39, 0.29) is 6.10 Å². The molecule has 0 bridgehead atoms. The van der Waals surface area contributed by atoms with Crippen molar-refractivity contribution in [2.45, 2.75) is 33.1 Å². The molecule has 0 aliphatic heterocycles. The molecule has 28 heavy (non-hydrogen) atoms. The molecule has 3 aromatic rings. The molecule has 0 atom stereocenters. The molecule has 0 unspecified atom stereocenters. The number of halogens is 3. The lowest BCUT2D eigenvalue weighted by atomic mass is 10.1. The first-order valence-corrected chi connectivity index (χ1v) is 9.05. The minimum absolute atomic E-state index is 0.0639. The number of hydrogen-bond donors (Lipinski definition) is 0. The predicted molar refractivity (Wildman–Crippen MR) is 107 cm³/mol. The molecule has 0 saturated carbocycles. The molecule has 0 aromatic heterocycles. The molecular formula is C23H22F3NO. The summed E-state index contributed by atoms with van der Waals surface area (Å²) in [4.78, 5) is 1.92. The number of benzene rings is 3. The van der Waals surface area contributed by atoms with E-state index in [4.69, 9.17) is 4.74 Å². The zero-order valence-corrected chi connectivity index (χ0v) is 16.0. The number of nitrogens with zero attached hydrogens (tertiary/aromatic N) is 1. The Kier molecular flexibility index (Phi) is 5.63. The molecule has 0 amide bonds. The van der Waals surface area contributed by atoms with Crippen LogP contribution in [0.4, 0.5) is 30.2 Å². The SMILES string of the molecule is Cc1ccc(N(c2ccc(OC(C)C)cc2)c2ccc(C(F)(F)F)cc2)cc1. The highest BCUT2D eigenvalue weighted by Crippen LogP contribution is 2.37. The molecule has 0 aliphatic carbocycles. The second-order valence-corrected chi connectivity index (χ2v) is 6.88. The van der Waals surface area contributed by atoms with Gasteiger partial charge in [0.15, 0.2) is 0 Å². The van der Waals surface area contributed by atoms with Crippen molar-refractivity contribution in [3.8, 4) is 5.75 Å². The van der Waals surface area contributed by atoms with Gasteiger partial charge >= 0.3 is 6.18 Å². The third-order valence-corrected chi connectivity index (χ3v) is 4.21. The molecule has 2 nitrogen and oxygen atoms in total. The van der Waals surface area contributed by atoms with Gasteiger partial charge in [0, 0.05) is 17.1 Å². The van der Waals surface area contributed by atoms with Crippen molar-refractivity contribution in [2.24, 2.45) is 0 Å². The fraction of sp³-hybridized carbons (Fsp3) is 0.217. The van der Waals surface area contributed by atoms with Crippen molar-refractivity contribution >= 4 is 17.1 Å². The Hall–Kier alpha value is -2.95. The Morgan fingerprint density at radius 2 is 1.14 bits per heavy atom. The number of anilines is 3. The number of alkyl halides is 3. The van der Waals surface area contributed by atoms with Crippen molar-refractivity contribution in [1.82, 2.24) is 0 Å². The van der Waals surface area contributed by atoms with Crippen LogP contribution in [-0.2, 0) is 6.18 Å². The van der Waals surface area contributed by atoms with E-state index in [2.05, 4.69) is 0 Å². The lowest BCUT2D eigenvalue weighted by molar-refractivity contribution is -0.137. The molecule has 5 heteroatoms. The van der Waals surface area contributed by atoms with Crippen LogP contribution >= 0.6 is 0 Å². The number of hydrogen-bond acceptors (Lipinski definition) is 2. The van der Waals surface area contributed by atoms with Crippen molar-refractivity contribution in [3.63, 3.8) is 0 Å². The first kappa shape index (κ1) is 19.8. The Bertz CT molecular complexity index is 899. The average Bonchev–Trinajstić information content (AvgIpc) is 2.64. The number of aryl methyl sites for hydroxylation is 1. The van der Waals surface area contributed by atoms with E-state index in [1.54, 1.807) is 0 Å². The standard InChI is InChI=1S/C23H22F3NO/c1-16(2)28-22-14-12-21(13-15-22)27(19-8-4-17(3)5-9-19)20-10-6-18(7-11-20)23(24,25)26/h4-16H,1-3H3. The fourth-order valence-corrected chi connectivity index (χ4v) is 2.89. The molecule has 0 radical (unpaired) electrons. The Morgan fingerprint density at radius 3 is 1.57 bits per heavy atom. The molecule has 3 aromatic carbocycles. The molecule has 3 rings (SSSR count). The summed E-state index contributed by atoms with van der Waals surface area (Å²) >= 11 is 0. The van der Waals surface area contributed by atoms with Gasteiger partial charge in [0.1, 0.15) is 5.75 Å². The van der Waals surface area contributed by atoms with E-state index in [0.717, 1.165) is 34.8 Å². The molecule has 0 spiro atoms. The molecule has 0 aliphatic rings. The van der Waals surface area contributed by atoms with Crippen molar-refractivity contribution in [2.75, 3.05) is 4.90 Å². The molecule has 0 heterocycles. The highest BCUT2D eigenvalue weighted by atomic mass is 19.4. The van der Waals surface area contributed by atoms with E-state index in [0.29, 0.717) is 5.69 Å². The number of rotatable bonds is 5. The molecule has 0 N–H and O–H groups in total. The first-order chi connectivity index (χ1) is 13.2. The zero-order valence-electron chi connectivity index (χ0n) is 16.0. The lowest BCUT2D eigenvalue weighted by Gasteiger charge is -2.26. The van der Waals surface area contributed by atoms with Crippen LogP contribution in [0.1, 0.15) is 25.0 Å². The van der Waals surface area contributed by atoms with Crippen LogP contribution in [0.25, 0.3) is 0 Å². The summed E-state index contributed by atoms with van der Waals surface area (Å²) in [6.45, 7) is 5.90. The number of ether oxygens (including phenoxy) is 1. The molecule has 146 valence electrons. The van der Waals surface area contributed by atoms with Gasteiger partial charge in [-0.1, -0.05) is 17.7 Å². The van der Waals surface area contributed by atoms with Crippen LogP contribution in [0, 0.1) is 6.92 Å². The quantitative estimate of drug-likeness (QED) is 0.458. The Morgan fingerprint density at radius 1 is 0.714 bits per heavy atom. The van der Waals surface area contributed by atoms with Gasteiger partial charge in [0.05, 0.1) is 11.7 Å². The van der Waals surface area contributed by atoms with E-state index in [1.165, 1.54) is 12.1 Å². The third-order valence-electron chi connectivity index (χ3n) is 4.21. The van der Waals surface area contributed by atoms with E-state index < -0.39 is 11.7 Å². The topological polar surface area (TPSA) is 12.5 Å². The second kappa shape index (κ2) is 7.97. The van der Waals surface area contributed by atoms with Crippen LogP contribution in [0.15, 0.2) is 72.8 Å². The maximum Gasteiger partial charge on any atom is 0.416 e. The summed E-state index contributed by atoms with van der Waals surface area (Å²) in [6.07, 6.45) is -4.29. The average molecular weight is 385 g/mol. The second-order valence-electron chi connectivity index (χ2n) is 6.88. The van der Waals surface area contributed by atoms with Crippen LogP contribution in [0.3, 0.4) is 0 Å². The van der Waals surface area contributed by atoms with Gasteiger partial charge in [-0.2, -0.15) is 13.2 Å². The van der Waals surface area contributed by atoms with Crippen LogP contribution in [-0.4, -0.2) is 6.10 Å². The van der Waals surface area contributed by atoms with Crippen LogP contribution in [0.2, 0.25) is 0 Å². The van der Waals surface area contributed by atoms with Gasteiger partial charge in [0.2, 0.25) is 0 Å². The first-order valence-electron chi connectivity index (χ1n) is 9.05. The van der Waals surface area contributed by atoms with E-state index >= 15 is 0 Å². The minimum Gasteiger partial charge on any atom is -0.491 e. The largest absolute Gasteiger partial charge is 0.491 e. The van der Waals surface area contributed by atoms with E-state index in [9.17, 15) is 13.2 Å². The summed E-state index contributed by atoms with van der Waals surface area (Å²) in [5, 5.41) is 0. The van der Waals surface area contributed by atoms with Crippen molar-refractivity contribution < 1.29 is 17.9 Å². The summed E-state index contributed by atoms with van der Waals surface area (Å²) < 4.78 is 44.5. The smallest absolute Gasteiger partial charge is 0.416 e. The van der Waals surface area contributed by atoms with Crippen LogP contribution < -0.4 is 9.64 Å². The van der Waals surface area contributed by atoms with Crippen molar-refractivity contribution in [3.05, 3.63) is 83.9 Å². The van der Waals surface area contributed by atoms with Gasteiger partial charge in [-0.3, -0.25) is 0 Å². The summed E-state index contributed by atoms with van der Waals surface area (Å²) in [7, 11) is 0. The summed E-state index contributed by atoms with van der Waals surface area (Å²) in [6, 6.07) is 20.6. The van der Waals surface area contributed by atoms with Gasteiger partial charge in [-0.05, 0) is 81.4 Å². The maximum atomic E-state index is 12.9. The molecule has 0 fully saturated rings. The maximum absolute atomic E-state index is 12.9. The summed E-state index contributed by atoms with van der Waals surface area (Å²) in [5.41, 5.74) is 2.79. The zero-order chi connectivity index (χ0) is 20.3. The van der Waals surface area contributed by atoms with Gasteiger partial charge in [0.25, 0.3) is 0 Å². The molecular weight excluding hydrogens is 363 g/mol. The van der Waals surface area contributed by atoms with Crippen molar-refractivity contribution in [1.29, 1.82) is 0 Å². The summed E-state index contributed by atoms with van der Waals surface area (Å²) in [5.74, 6) is 0.745. The normalized spacial score (nSPS) is 11.5.